The number of benzene rings is 1. The van der Waals surface area contributed by atoms with Crippen molar-refractivity contribution in [2.75, 3.05) is 5.73 Å². The van der Waals surface area contributed by atoms with E-state index in [4.69, 9.17) is 5.73 Å². The van der Waals surface area contributed by atoms with E-state index in [2.05, 4.69) is 43.1 Å². The molecule has 2 rings (SSSR count). The van der Waals surface area contributed by atoms with E-state index in [0.29, 0.717) is 5.82 Å². The van der Waals surface area contributed by atoms with E-state index in [1.807, 2.05) is 6.07 Å². The van der Waals surface area contributed by atoms with E-state index in [1.165, 1.54) is 12.0 Å². The number of fused-ring (bicyclic) bond motifs is 1. The van der Waals surface area contributed by atoms with Crippen LogP contribution < -0.4 is 5.73 Å². The molecule has 0 aliphatic rings. The Bertz CT molecular complexity index is 418. The smallest absolute Gasteiger partial charge is 0.153 e. The van der Waals surface area contributed by atoms with Crippen LogP contribution in [-0.4, -0.2) is 10.2 Å². The summed E-state index contributed by atoms with van der Waals surface area (Å²) >= 11 is 0. The molecule has 0 unspecified atom stereocenters. The van der Waals surface area contributed by atoms with Crippen LogP contribution in [0.3, 0.4) is 0 Å². The number of hydrogen-bond donors (Lipinski definition) is 2. The quantitative estimate of drug-likeness (QED) is 0.751. The van der Waals surface area contributed by atoms with Crippen molar-refractivity contribution in [3.8, 4) is 0 Å². The maximum Gasteiger partial charge on any atom is 0.153 e. The molecule has 1 heterocycles. The number of nitrogens with zero attached hydrogens (tertiary/aromatic N) is 1. The molecular weight excluding hydrogens is 186 g/mol. The predicted molar refractivity (Wildman–Crippen MR) is 65.8 cm³/mol. The molecule has 0 saturated carbocycles. The summed E-state index contributed by atoms with van der Waals surface area (Å²) in [4.78, 5) is 0. The fourth-order valence-corrected chi connectivity index (χ4v) is 1.30. The van der Waals surface area contributed by atoms with Gasteiger partial charge in [-0.2, -0.15) is 5.10 Å². The minimum absolute atomic E-state index is 0.584. The third kappa shape index (κ3) is 2.72. The molecule has 2 aromatic rings. The summed E-state index contributed by atoms with van der Waals surface area (Å²) in [6.07, 6.45) is 2.28. The molecule has 0 atom stereocenters. The van der Waals surface area contributed by atoms with Crippen molar-refractivity contribution >= 4 is 16.7 Å². The lowest BCUT2D eigenvalue weighted by molar-refractivity contribution is 1.09. The zero-order valence-electron chi connectivity index (χ0n) is 9.67. The molecule has 82 valence electrons. The zero-order chi connectivity index (χ0) is 11.3. The first-order valence-electron chi connectivity index (χ1n) is 5.45. The van der Waals surface area contributed by atoms with Gasteiger partial charge in [-0.15, -0.1) is 0 Å². The highest BCUT2D eigenvalue weighted by Crippen LogP contribution is 2.18. The molecule has 1 aromatic carbocycles. The van der Waals surface area contributed by atoms with Crippen molar-refractivity contribution in [3.63, 3.8) is 0 Å². The lowest BCUT2D eigenvalue weighted by atomic mass is 10.1. The van der Waals surface area contributed by atoms with E-state index in [9.17, 15) is 0 Å². The van der Waals surface area contributed by atoms with Crippen LogP contribution in [0, 0.1) is 0 Å². The van der Waals surface area contributed by atoms with Gasteiger partial charge in [0.15, 0.2) is 5.82 Å². The van der Waals surface area contributed by atoms with E-state index >= 15 is 0 Å². The number of rotatable bonds is 1. The van der Waals surface area contributed by atoms with Crippen LogP contribution >= 0.6 is 0 Å². The lowest BCUT2D eigenvalue weighted by Crippen LogP contribution is -1.84. The van der Waals surface area contributed by atoms with Gasteiger partial charge in [-0.25, -0.2) is 0 Å². The summed E-state index contributed by atoms with van der Waals surface area (Å²) in [5, 5.41) is 7.81. The summed E-state index contributed by atoms with van der Waals surface area (Å²) in [6.45, 7) is 6.37. The second kappa shape index (κ2) is 5.39. The maximum atomic E-state index is 5.66. The van der Waals surface area contributed by atoms with Crippen molar-refractivity contribution in [2.45, 2.75) is 33.6 Å². The topological polar surface area (TPSA) is 54.7 Å². The predicted octanol–water partition coefficient (Wildman–Crippen LogP) is 3.12. The Labute approximate surface area is 90.7 Å². The van der Waals surface area contributed by atoms with Crippen molar-refractivity contribution in [1.82, 2.24) is 10.2 Å². The van der Waals surface area contributed by atoms with Crippen LogP contribution in [0.1, 0.15) is 32.8 Å². The molecule has 3 nitrogen and oxygen atoms in total. The number of nitrogen functional groups attached to an aromatic ring is 1. The molecule has 0 aliphatic heterocycles. The number of aromatic amines is 1. The number of aryl methyl sites for hydroxylation is 1. The Balaban J connectivity index is 0.000000337. The van der Waals surface area contributed by atoms with Gasteiger partial charge in [0.1, 0.15) is 0 Å². The first-order chi connectivity index (χ1) is 7.22. The van der Waals surface area contributed by atoms with Gasteiger partial charge >= 0.3 is 0 Å². The molecule has 0 saturated heterocycles. The van der Waals surface area contributed by atoms with Crippen molar-refractivity contribution in [2.24, 2.45) is 0 Å². The van der Waals surface area contributed by atoms with Gasteiger partial charge in [0, 0.05) is 5.39 Å². The van der Waals surface area contributed by atoms with Crippen molar-refractivity contribution < 1.29 is 0 Å². The maximum absolute atomic E-state index is 5.66. The van der Waals surface area contributed by atoms with E-state index in [1.54, 1.807) is 0 Å². The molecule has 15 heavy (non-hydrogen) atoms. The molecule has 1 aromatic heterocycles. The van der Waals surface area contributed by atoms with Gasteiger partial charge in [0.05, 0.1) is 5.52 Å². The highest BCUT2D eigenvalue weighted by Gasteiger charge is 2.01. The highest BCUT2D eigenvalue weighted by molar-refractivity contribution is 5.88. The first kappa shape index (κ1) is 11.6. The van der Waals surface area contributed by atoms with Gasteiger partial charge in [0.2, 0.25) is 0 Å². The summed E-state index contributed by atoms with van der Waals surface area (Å²) < 4.78 is 0. The number of anilines is 1. The number of H-pyrrole nitrogens is 1. The van der Waals surface area contributed by atoms with Crippen molar-refractivity contribution in [3.05, 3.63) is 23.8 Å². The average Bonchev–Trinajstić information content (AvgIpc) is 2.61. The highest BCUT2D eigenvalue weighted by atomic mass is 15.1. The standard InChI is InChI=1S/C9H11N3.C3H8/c1-2-6-3-4-8-7(5-6)9(10)12-11-8;1-3-2/h3-5H,2H2,1H3,(H3,10,11,12);3H2,1-2H3. The summed E-state index contributed by atoms with van der Waals surface area (Å²) in [7, 11) is 0. The fourth-order valence-electron chi connectivity index (χ4n) is 1.30. The number of aromatic nitrogens is 2. The van der Waals surface area contributed by atoms with Gasteiger partial charge < -0.3 is 5.73 Å². The molecule has 0 fully saturated rings. The average molecular weight is 205 g/mol. The molecule has 3 N–H and O–H groups in total. The number of hydrogen-bond acceptors (Lipinski definition) is 2. The monoisotopic (exact) mass is 205 g/mol. The van der Waals surface area contributed by atoms with Gasteiger partial charge in [-0.3, -0.25) is 5.10 Å². The van der Waals surface area contributed by atoms with Crippen LogP contribution in [0.4, 0.5) is 5.82 Å². The third-order valence-electron chi connectivity index (χ3n) is 2.06. The molecule has 3 heteroatoms. The molecular formula is C12H19N3. The Kier molecular flexibility index (Phi) is 4.16. The van der Waals surface area contributed by atoms with E-state index < -0.39 is 0 Å². The Morgan fingerprint density at radius 3 is 2.53 bits per heavy atom. The normalized spacial score (nSPS) is 9.80. The molecule has 0 aliphatic carbocycles. The fraction of sp³-hybridized carbons (Fsp3) is 0.417. The SMILES string of the molecule is CCC.CCc1ccc2[nH]nc(N)c2c1. The number of nitrogens with one attached hydrogen (secondary N) is 1. The third-order valence-corrected chi connectivity index (χ3v) is 2.06. The summed E-state index contributed by atoms with van der Waals surface area (Å²) in [5.41, 5.74) is 7.95. The first-order valence-corrected chi connectivity index (χ1v) is 5.45. The van der Waals surface area contributed by atoms with Crippen LogP contribution in [0.15, 0.2) is 18.2 Å². The van der Waals surface area contributed by atoms with Gasteiger partial charge in [-0.1, -0.05) is 33.3 Å². The van der Waals surface area contributed by atoms with Crippen LogP contribution in [0.5, 0.6) is 0 Å². The zero-order valence-corrected chi connectivity index (χ0v) is 9.67. The van der Waals surface area contributed by atoms with Gasteiger partial charge in [0.25, 0.3) is 0 Å². The number of nitrogens with two attached hydrogens (primary N) is 1. The van der Waals surface area contributed by atoms with Crippen LogP contribution in [0.2, 0.25) is 0 Å². The van der Waals surface area contributed by atoms with Crippen LogP contribution in [0.25, 0.3) is 10.9 Å². The molecule has 0 bridgehead atoms. The molecule has 0 amide bonds. The van der Waals surface area contributed by atoms with Crippen LogP contribution in [-0.2, 0) is 6.42 Å². The Morgan fingerprint density at radius 2 is 1.93 bits per heavy atom. The molecule has 0 spiro atoms. The second-order valence-corrected chi connectivity index (χ2v) is 3.55. The minimum atomic E-state index is 0.584. The summed E-state index contributed by atoms with van der Waals surface area (Å²) in [6, 6.07) is 6.17. The second-order valence-electron chi connectivity index (χ2n) is 3.55. The van der Waals surface area contributed by atoms with E-state index in [0.717, 1.165) is 17.3 Å². The Morgan fingerprint density at radius 1 is 1.27 bits per heavy atom. The minimum Gasteiger partial charge on any atom is -0.382 e. The van der Waals surface area contributed by atoms with Crippen molar-refractivity contribution in [1.29, 1.82) is 0 Å². The largest absolute Gasteiger partial charge is 0.382 e. The van der Waals surface area contributed by atoms with E-state index in [-0.39, 0.29) is 0 Å². The van der Waals surface area contributed by atoms with Gasteiger partial charge in [-0.05, 0) is 24.1 Å². The lowest BCUT2D eigenvalue weighted by Gasteiger charge is -1.95. The Hall–Kier alpha value is -1.51. The summed E-state index contributed by atoms with van der Waals surface area (Å²) in [5.74, 6) is 0.584. The molecule has 0 radical (unpaired) electrons.